The van der Waals surface area contributed by atoms with E-state index < -0.39 is 5.97 Å². The predicted octanol–water partition coefficient (Wildman–Crippen LogP) is 0.441. The molecule has 0 aromatic carbocycles. The minimum atomic E-state index is -1.06. The summed E-state index contributed by atoms with van der Waals surface area (Å²) in [6.45, 7) is 2.98. The fourth-order valence-corrected chi connectivity index (χ4v) is 1.91. The molecular formula is C13H17N3O4. The van der Waals surface area contributed by atoms with Gasteiger partial charge in [-0.15, -0.1) is 0 Å². The smallest absolute Gasteiger partial charge is 0.354 e. The molecule has 1 aromatic rings. The predicted molar refractivity (Wildman–Crippen MR) is 71.7 cm³/mol. The summed E-state index contributed by atoms with van der Waals surface area (Å²) in [5, 5.41) is 11.8. The summed E-state index contributed by atoms with van der Waals surface area (Å²) >= 11 is 0. The molecule has 20 heavy (non-hydrogen) atoms. The van der Waals surface area contributed by atoms with E-state index in [0.29, 0.717) is 45.0 Å². The zero-order valence-corrected chi connectivity index (χ0v) is 11.0. The van der Waals surface area contributed by atoms with E-state index in [2.05, 4.69) is 10.3 Å². The molecule has 1 amide bonds. The van der Waals surface area contributed by atoms with Gasteiger partial charge in [0.15, 0.2) is 0 Å². The van der Waals surface area contributed by atoms with Crippen LogP contribution < -0.4 is 5.32 Å². The van der Waals surface area contributed by atoms with Gasteiger partial charge < -0.3 is 20.1 Å². The lowest BCUT2D eigenvalue weighted by Crippen LogP contribution is -2.41. The number of rotatable bonds is 5. The number of hydrogen-bond donors (Lipinski definition) is 2. The molecule has 0 unspecified atom stereocenters. The van der Waals surface area contributed by atoms with E-state index in [1.165, 1.54) is 12.3 Å². The number of amides is 1. The van der Waals surface area contributed by atoms with Gasteiger partial charge in [-0.05, 0) is 12.1 Å². The number of carbonyl (C=O) groups is 2. The second-order valence-corrected chi connectivity index (χ2v) is 4.41. The van der Waals surface area contributed by atoms with E-state index in [4.69, 9.17) is 9.84 Å². The quantitative estimate of drug-likeness (QED) is 0.812. The molecule has 108 valence electrons. The number of carboxylic acid groups (broad SMARTS) is 1. The van der Waals surface area contributed by atoms with Crippen molar-refractivity contribution in [2.75, 3.05) is 38.2 Å². The summed E-state index contributed by atoms with van der Waals surface area (Å²) < 4.78 is 5.19. The lowest BCUT2D eigenvalue weighted by Gasteiger charge is -2.26. The normalized spacial score (nSPS) is 14.9. The Hall–Kier alpha value is -2.15. The average Bonchev–Trinajstić information content (AvgIpc) is 2.48. The number of aromatic nitrogens is 1. The summed E-state index contributed by atoms with van der Waals surface area (Å²) in [6.07, 6.45) is 1.84. The van der Waals surface area contributed by atoms with Gasteiger partial charge in [-0.2, -0.15) is 0 Å². The van der Waals surface area contributed by atoms with E-state index in [9.17, 15) is 9.59 Å². The number of pyridine rings is 1. The second-order valence-electron chi connectivity index (χ2n) is 4.41. The molecule has 1 saturated heterocycles. The largest absolute Gasteiger partial charge is 0.477 e. The van der Waals surface area contributed by atoms with E-state index in [1.54, 1.807) is 11.0 Å². The van der Waals surface area contributed by atoms with Crippen molar-refractivity contribution >= 4 is 17.6 Å². The van der Waals surface area contributed by atoms with E-state index in [0.717, 1.165) is 0 Å². The Labute approximate surface area is 116 Å². The van der Waals surface area contributed by atoms with Crippen molar-refractivity contribution in [1.82, 2.24) is 9.88 Å². The molecular weight excluding hydrogens is 262 g/mol. The number of nitrogens with one attached hydrogen (secondary N) is 1. The molecule has 0 bridgehead atoms. The molecule has 0 saturated carbocycles. The van der Waals surface area contributed by atoms with Crippen LogP contribution in [0, 0.1) is 0 Å². The Balaban J connectivity index is 1.74. The third-order valence-electron chi connectivity index (χ3n) is 3.01. The molecule has 1 fully saturated rings. The van der Waals surface area contributed by atoms with Crippen LogP contribution >= 0.6 is 0 Å². The van der Waals surface area contributed by atoms with Gasteiger partial charge >= 0.3 is 5.97 Å². The minimum absolute atomic E-state index is 0.0000527. The number of hydrogen-bond acceptors (Lipinski definition) is 5. The Morgan fingerprint density at radius 2 is 2.10 bits per heavy atom. The molecule has 1 aromatic heterocycles. The Morgan fingerprint density at radius 1 is 1.35 bits per heavy atom. The standard InChI is InChI=1S/C13H17N3O4/c17-12(16-5-7-20-8-6-16)3-4-14-10-1-2-11(13(18)19)15-9-10/h1-2,9,14H,3-8H2,(H,18,19). The van der Waals surface area contributed by atoms with Crippen LogP contribution in [-0.2, 0) is 9.53 Å². The van der Waals surface area contributed by atoms with Gasteiger partial charge in [-0.3, -0.25) is 4.79 Å². The van der Waals surface area contributed by atoms with Gasteiger partial charge in [-0.25, -0.2) is 9.78 Å². The minimum Gasteiger partial charge on any atom is -0.477 e. The lowest BCUT2D eigenvalue weighted by atomic mass is 10.3. The number of anilines is 1. The first-order valence-electron chi connectivity index (χ1n) is 6.45. The third-order valence-corrected chi connectivity index (χ3v) is 3.01. The molecule has 1 aliphatic heterocycles. The van der Waals surface area contributed by atoms with Gasteiger partial charge in [-0.1, -0.05) is 0 Å². The zero-order chi connectivity index (χ0) is 14.4. The highest BCUT2D eigenvalue weighted by Gasteiger charge is 2.15. The number of carboxylic acids is 1. The Kier molecular flexibility index (Phi) is 4.89. The monoisotopic (exact) mass is 279 g/mol. The van der Waals surface area contributed by atoms with Gasteiger partial charge in [0.05, 0.1) is 25.1 Å². The first-order chi connectivity index (χ1) is 9.66. The first kappa shape index (κ1) is 14.3. The highest BCUT2D eigenvalue weighted by Crippen LogP contribution is 2.07. The molecule has 2 heterocycles. The van der Waals surface area contributed by atoms with Crippen molar-refractivity contribution in [2.24, 2.45) is 0 Å². The maximum Gasteiger partial charge on any atom is 0.354 e. The van der Waals surface area contributed by atoms with Crippen LogP contribution in [0.2, 0.25) is 0 Å². The lowest BCUT2D eigenvalue weighted by molar-refractivity contribution is -0.134. The third kappa shape index (κ3) is 3.92. The van der Waals surface area contributed by atoms with Crippen molar-refractivity contribution in [2.45, 2.75) is 6.42 Å². The van der Waals surface area contributed by atoms with E-state index in [-0.39, 0.29) is 11.6 Å². The molecule has 0 radical (unpaired) electrons. The summed E-state index contributed by atoms with van der Waals surface area (Å²) in [6, 6.07) is 3.06. The van der Waals surface area contributed by atoms with Gasteiger partial charge in [0.2, 0.25) is 5.91 Å². The number of nitrogens with zero attached hydrogens (tertiary/aromatic N) is 2. The van der Waals surface area contributed by atoms with Crippen molar-refractivity contribution in [1.29, 1.82) is 0 Å². The Bertz CT molecular complexity index is 469. The van der Waals surface area contributed by atoms with Gasteiger partial charge in [0.25, 0.3) is 0 Å². The van der Waals surface area contributed by atoms with Crippen LogP contribution in [-0.4, -0.2) is 59.7 Å². The van der Waals surface area contributed by atoms with Crippen molar-refractivity contribution in [3.8, 4) is 0 Å². The second kappa shape index (κ2) is 6.85. The topological polar surface area (TPSA) is 91.8 Å². The maximum absolute atomic E-state index is 11.9. The van der Waals surface area contributed by atoms with Crippen LogP contribution in [0.15, 0.2) is 18.3 Å². The number of ether oxygens (including phenoxy) is 1. The van der Waals surface area contributed by atoms with E-state index >= 15 is 0 Å². The summed E-state index contributed by atoms with van der Waals surface area (Å²) in [4.78, 5) is 28.1. The molecule has 1 aliphatic rings. The fraction of sp³-hybridized carbons (Fsp3) is 0.462. The number of morpholine rings is 1. The SMILES string of the molecule is O=C(O)c1ccc(NCCC(=O)N2CCOCC2)cn1. The highest BCUT2D eigenvalue weighted by atomic mass is 16.5. The maximum atomic E-state index is 11.9. The Morgan fingerprint density at radius 3 is 2.70 bits per heavy atom. The van der Waals surface area contributed by atoms with Crippen molar-refractivity contribution in [3.05, 3.63) is 24.0 Å². The van der Waals surface area contributed by atoms with Crippen LogP contribution in [0.4, 0.5) is 5.69 Å². The van der Waals surface area contributed by atoms with Gasteiger partial charge in [0.1, 0.15) is 5.69 Å². The molecule has 2 rings (SSSR count). The van der Waals surface area contributed by atoms with Crippen LogP contribution in [0.25, 0.3) is 0 Å². The molecule has 0 atom stereocenters. The van der Waals surface area contributed by atoms with E-state index in [1.807, 2.05) is 0 Å². The van der Waals surface area contributed by atoms with Gasteiger partial charge in [0, 0.05) is 26.1 Å². The van der Waals surface area contributed by atoms with Crippen molar-refractivity contribution < 1.29 is 19.4 Å². The summed E-state index contributed by atoms with van der Waals surface area (Å²) in [5.41, 5.74) is 0.699. The van der Waals surface area contributed by atoms with Crippen molar-refractivity contribution in [3.63, 3.8) is 0 Å². The molecule has 0 spiro atoms. The number of carbonyl (C=O) groups excluding carboxylic acids is 1. The van der Waals surface area contributed by atoms with Crippen LogP contribution in [0.5, 0.6) is 0 Å². The summed E-state index contributed by atoms with van der Waals surface area (Å²) in [7, 11) is 0. The molecule has 7 heteroatoms. The molecule has 0 aliphatic carbocycles. The summed E-state index contributed by atoms with van der Waals surface area (Å²) in [5.74, 6) is -0.963. The molecule has 2 N–H and O–H groups in total. The highest BCUT2D eigenvalue weighted by molar-refractivity contribution is 5.85. The van der Waals surface area contributed by atoms with Crippen LogP contribution in [0.1, 0.15) is 16.9 Å². The first-order valence-corrected chi connectivity index (χ1v) is 6.45. The molecule has 7 nitrogen and oxygen atoms in total. The number of aromatic carboxylic acids is 1. The van der Waals surface area contributed by atoms with Crippen LogP contribution in [0.3, 0.4) is 0 Å². The fourth-order valence-electron chi connectivity index (χ4n) is 1.91. The zero-order valence-electron chi connectivity index (χ0n) is 11.0. The average molecular weight is 279 g/mol.